The summed E-state index contributed by atoms with van der Waals surface area (Å²) >= 11 is 0. The van der Waals surface area contributed by atoms with Crippen LogP contribution in [0.5, 0.6) is 0 Å². The van der Waals surface area contributed by atoms with E-state index in [1.165, 1.54) is 6.07 Å². The normalized spacial score (nSPS) is 43.9. The molecule has 0 spiro atoms. The molecule has 0 aromatic carbocycles. The fourth-order valence-electron chi connectivity index (χ4n) is 1.02. The zero-order valence-corrected chi connectivity index (χ0v) is 6.03. The van der Waals surface area contributed by atoms with Crippen LogP contribution in [-0.4, -0.2) is 51.1 Å². The van der Waals surface area contributed by atoms with Gasteiger partial charge in [-0.2, -0.15) is 5.26 Å². The number of hydrogen-bond acceptors (Lipinski definition) is 6. The third-order valence-electron chi connectivity index (χ3n) is 1.72. The Bertz CT molecular complexity index is 203. The molecule has 1 aliphatic rings. The fraction of sp³-hybridized carbons (Fsp3) is 0.833. The van der Waals surface area contributed by atoms with Gasteiger partial charge < -0.3 is 25.2 Å². The summed E-state index contributed by atoms with van der Waals surface area (Å²) in [6, 6.07) is 1.43. The van der Waals surface area contributed by atoms with Crippen molar-refractivity contribution >= 4 is 0 Å². The quantitative estimate of drug-likeness (QED) is 0.323. The molecule has 0 amide bonds. The Morgan fingerprint density at radius 1 is 1.25 bits per heavy atom. The van der Waals surface area contributed by atoms with Crippen molar-refractivity contribution in [2.45, 2.75) is 30.7 Å². The summed E-state index contributed by atoms with van der Waals surface area (Å²) in [6.45, 7) is 0. The van der Waals surface area contributed by atoms with Crippen LogP contribution in [0, 0.1) is 11.3 Å². The van der Waals surface area contributed by atoms with Gasteiger partial charge >= 0.3 is 0 Å². The van der Waals surface area contributed by atoms with Gasteiger partial charge in [0.1, 0.15) is 18.3 Å². The summed E-state index contributed by atoms with van der Waals surface area (Å²) < 4.78 is 4.52. The molecule has 0 saturated carbocycles. The van der Waals surface area contributed by atoms with Crippen LogP contribution in [0.25, 0.3) is 0 Å². The Balaban J connectivity index is 2.65. The number of aliphatic hydroxyl groups excluding tert-OH is 4. The highest BCUT2D eigenvalue weighted by Gasteiger charge is 2.45. The first-order valence-electron chi connectivity index (χ1n) is 3.35. The molecule has 4 N–H and O–H groups in total. The maximum absolute atomic E-state index is 9.08. The van der Waals surface area contributed by atoms with Gasteiger partial charge in [-0.15, -0.1) is 0 Å². The molecule has 12 heavy (non-hydrogen) atoms. The molecule has 0 bridgehead atoms. The fourth-order valence-corrected chi connectivity index (χ4v) is 1.02. The summed E-state index contributed by atoms with van der Waals surface area (Å²) in [5, 5.41) is 44.0. The van der Waals surface area contributed by atoms with Gasteiger partial charge in [0.05, 0.1) is 6.07 Å². The SMILES string of the molecule is N#CC(O)[C@H]1O[C@@H](O)[C@H](O)[C@@H]1O. The average molecular weight is 175 g/mol. The first-order valence-corrected chi connectivity index (χ1v) is 3.35. The van der Waals surface area contributed by atoms with Crippen LogP contribution in [-0.2, 0) is 4.74 Å². The Morgan fingerprint density at radius 3 is 2.17 bits per heavy atom. The van der Waals surface area contributed by atoms with Crippen LogP contribution < -0.4 is 0 Å². The third kappa shape index (κ3) is 1.41. The molecule has 1 rings (SSSR count). The standard InChI is InChI=1S/C6H9NO5/c7-1-2(8)5-3(9)4(10)6(11)12-5/h2-6,8-11H/t2?,3-,4+,5+,6+/m0/s1. The molecule has 1 fully saturated rings. The molecule has 0 aromatic heterocycles. The molecule has 0 radical (unpaired) electrons. The predicted molar refractivity (Wildman–Crippen MR) is 34.5 cm³/mol. The number of hydrogen-bond donors (Lipinski definition) is 4. The van der Waals surface area contributed by atoms with Crippen LogP contribution in [0.1, 0.15) is 0 Å². The summed E-state index contributed by atoms with van der Waals surface area (Å²) in [5.41, 5.74) is 0. The van der Waals surface area contributed by atoms with E-state index in [4.69, 9.17) is 25.7 Å². The lowest BCUT2D eigenvalue weighted by atomic mass is 10.1. The van der Waals surface area contributed by atoms with Gasteiger partial charge in [0.2, 0.25) is 0 Å². The topological polar surface area (TPSA) is 114 Å². The van der Waals surface area contributed by atoms with E-state index in [1.807, 2.05) is 0 Å². The minimum atomic E-state index is -1.55. The van der Waals surface area contributed by atoms with E-state index in [9.17, 15) is 0 Å². The number of nitriles is 1. The highest BCUT2D eigenvalue weighted by atomic mass is 16.6. The van der Waals surface area contributed by atoms with E-state index in [1.54, 1.807) is 0 Å². The summed E-state index contributed by atoms with van der Waals surface area (Å²) in [6.07, 6.45) is -7.26. The molecule has 1 aliphatic heterocycles. The lowest BCUT2D eigenvalue weighted by Gasteiger charge is -2.14. The Morgan fingerprint density at radius 2 is 1.83 bits per heavy atom. The van der Waals surface area contributed by atoms with Gasteiger partial charge in [-0.25, -0.2) is 0 Å². The summed E-state index contributed by atoms with van der Waals surface area (Å²) in [7, 11) is 0. The van der Waals surface area contributed by atoms with E-state index < -0.39 is 30.7 Å². The van der Waals surface area contributed by atoms with Crippen molar-refractivity contribution in [2.24, 2.45) is 0 Å². The van der Waals surface area contributed by atoms with Crippen molar-refractivity contribution in [3.8, 4) is 6.07 Å². The van der Waals surface area contributed by atoms with Crippen molar-refractivity contribution in [3.63, 3.8) is 0 Å². The number of nitrogens with zero attached hydrogens (tertiary/aromatic N) is 1. The highest BCUT2D eigenvalue weighted by Crippen LogP contribution is 2.21. The molecule has 0 aliphatic carbocycles. The van der Waals surface area contributed by atoms with E-state index in [-0.39, 0.29) is 0 Å². The Kier molecular flexibility index (Phi) is 2.62. The molecular formula is C6H9NO5. The molecule has 1 heterocycles. The van der Waals surface area contributed by atoms with E-state index in [0.717, 1.165) is 0 Å². The molecule has 0 aromatic rings. The van der Waals surface area contributed by atoms with Crippen molar-refractivity contribution in [2.75, 3.05) is 0 Å². The Hall–Kier alpha value is -0.710. The van der Waals surface area contributed by atoms with Gasteiger partial charge in [0, 0.05) is 0 Å². The third-order valence-corrected chi connectivity index (χ3v) is 1.72. The zero-order chi connectivity index (χ0) is 9.30. The molecular weight excluding hydrogens is 166 g/mol. The first kappa shape index (κ1) is 9.38. The largest absolute Gasteiger partial charge is 0.387 e. The van der Waals surface area contributed by atoms with Crippen LogP contribution in [0.4, 0.5) is 0 Å². The van der Waals surface area contributed by atoms with Crippen LogP contribution in [0.15, 0.2) is 0 Å². The molecule has 6 heteroatoms. The van der Waals surface area contributed by atoms with Crippen molar-refractivity contribution in [1.82, 2.24) is 0 Å². The van der Waals surface area contributed by atoms with E-state index in [0.29, 0.717) is 0 Å². The number of ether oxygens (including phenoxy) is 1. The van der Waals surface area contributed by atoms with Crippen LogP contribution in [0.2, 0.25) is 0 Å². The zero-order valence-electron chi connectivity index (χ0n) is 6.03. The Labute approximate surface area is 68.2 Å². The summed E-state index contributed by atoms with van der Waals surface area (Å²) in [5.74, 6) is 0. The van der Waals surface area contributed by atoms with Gasteiger partial charge in [0.15, 0.2) is 12.4 Å². The first-order chi connectivity index (χ1) is 5.57. The average Bonchev–Trinajstić information content (AvgIpc) is 2.32. The van der Waals surface area contributed by atoms with Crippen molar-refractivity contribution < 1.29 is 25.2 Å². The molecule has 1 saturated heterocycles. The van der Waals surface area contributed by atoms with Crippen molar-refractivity contribution in [3.05, 3.63) is 0 Å². The van der Waals surface area contributed by atoms with Crippen LogP contribution >= 0.6 is 0 Å². The second kappa shape index (κ2) is 3.35. The van der Waals surface area contributed by atoms with Gasteiger partial charge in [0.25, 0.3) is 0 Å². The maximum Gasteiger partial charge on any atom is 0.184 e. The van der Waals surface area contributed by atoms with E-state index in [2.05, 4.69) is 4.74 Å². The number of aliphatic hydroxyl groups is 4. The molecule has 5 atom stereocenters. The molecule has 6 nitrogen and oxygen atoms in total. The second-order valence-corrected chi connectivity index (χ2v) is 2.55. The van der Waals surface area contributed by atoms with Crippen molar-refractivity contribution in [1.29, 1.82) is 5.26 Å². The second-order valence-electron chi connectivity index (χ2n) is 2.55. The smallest absolute Gasteiger partial charge is 0.184 e. The van der Waals surface area contributed by atoms with E-state index >= 15 is 0 Å². The highest BCUT2D eigenvalue weighted by molar-refractivity contribution is 4.98. The van der Waals surface area contributed by atoms with Gasteiger partial charge in [-0.3, -0.25) is 0 Å². The van der Waals surface area contributed by atoms with Gasteiger partial charge in [-0.1, -0.05) is 0 Å². The maximum atomic E-state index is 9.08. The molecule has 68 valence electrons. The molecule has 1 unspecified atom stereocenters. The monoisotopic (exact) mass is 175 g/mol. The minimum absolute atomic E-state index is 1.25. The summed E-state index contributed by atoms with van der Waals surface area (Å²) in [4.78, 5) is 0. The lowest BCUT2D eigenvalue weighted by Crippen LogP contribution is -2.38. The number of rotatable bonds is 1. The lowest BCUT2D eigenvalue weighted by molar-refractivity contribution is -0.139. The van der Waals surface area contributed by atoms with Crippen LogP contribution in [0.3, 0.4) is 0 Å². The predicted octanol–water partition coefficient (Wildman–Crippen LogP) is -2.69. The van der Waals surface area contributed by atoms with Gasteiger partial charge in [-0.05, 0) is 0 Å². The minimum Gasteiger partial charge on any atom is -0.387 e.